The molecule has 0 aliphatic rings. The van der Waals surface area contributed by atoms with Gasteiger partial charge in [-0.3, -0.25) is 10.1 Å². The number of ether oxygens (including phenoxy) is 1. The van der Waals surface area contributed by atoms with E-state index in [1.165, 1.54) is 16.2 Å². The Hall–Kier alpha value is -1.61. The lowest BCUT2D eigenvalue weighted by molar-refractivity contribution is -0.128. The second kappa shape index (κ2) is 8.39. The number of hydrogen-bond donors (Lipinski definition) is 1. The van der Waals surface area contributed by atoms with Gasteiger partial charge < -0.3 is 4.74 Å². The van der Waals surface area contributed by atoms with Gasteiger partial charge in [0.25, 0.3) is 5.91 Å². The van der Waals surface area contributed by atoms with Crippen LogP contribution in [0, 0.1) is 0 Å². The van der Waals surface area contributed by atoms with Crippen LogP contribution in [0.3, 0.4) is 0 Å². The van der Waals surface area contributed by atoms with Crippen molar-refractivity contribution >= 4 is 57.1 Å². The number of anilines is 1. The van der Waals surface area contributed by atoms with Gasteiger partial charge in [0, 0.05) is 15.7 Å². The molecule has 0 saturated heterocycles. The van der Waals surface area contributed by atoms with Gasteiger partial charge in [-0.25, -0.2) is 0 Å². The molecule has 9 heteroatoms. The molecule has 3 aromatic rings. The standard InChI is InChI=1S/C17H16ClN3O2S3/c1-17(2,23-12-7-5-11(18)6-8-12)14(22)19-15-20-21-16(26-15)25-10-13-4-3-9-24-13/h3-9H,10H2,1-2H3,(H,19,20,22). The van der Waals surface area contributed by atoms with Crippen LogP contribution in [0.25, 0.3) is 0 Å². The number of carbonyl (C=O) groups is 1. The second-order valence-electron chi connectivity index (χ2n) is 5.76. The number of halogens is 1. The lowest BCUT2D eigenvalue weighted by Crippen LogP contribution is -2.42. The van der Waals surface area contributed by atoms with E-state index in [9.17, 15) is 4.79 Å². The van der Waals surface area contributed by atoms with Crippen molar-refractivity contribution in [1.29, 1.82) is 0 Å². The first-order valence-electron chi connectivity index (χ1n) is 7.67. The molecule has 1 aromatic carbocycles. The minimum absolute atomic E-state index is 0.293. The van der Waals surface area contributed by atoms with Crippen LogP contribution < -0.4 is 10.1 Å². The first kappa shape index (κ1) is 19.2. The Balaban J connectivity index is 1.57. The molecule has 0 fully saturated rings. The molecule has 5 nitrogen and oxygen atoms in total. The summed E-state index contributed by atoms with van der Waals surface area (Å²) in [6.45, 7) is 3.40. The van der Waals surface area contributed by atoms with E-state index in [0.717, 1.165) is 10.1 Å². The van der Waals surface area contributed by atoms with Crippen LogP contribution in [0.2, 0.25) is 5.02 Å². The molecule has 1 amide bonds. The highest BCUT2D eigenvalue weighted by Gasteiger charge is 2.31. The Labute approximate surface area is 168 Å². The molecule has 3 rings (SSSR count). The highest BCUT2D eigenvalue weighted by molar-refractivity contribution is 8.00. The van der Waals surface area contributed by atoms with E-state index >= 15 is 0 Å². The summed E-state index contributed by atoms with van der Waals surface area (Å²) in [4.78, 5) is 13.8. The van der Waals surface area contributed by atoms with E-state index < -0.39 is 5.60 Å². The smallest absolute Gasteiger partial charge is 0.269 e. The monoisotopic (exact) mass is 425 g/mol. The molecular formula is C17H16ClN3O2S3. The van der Waals surface area contributed by atoms with Crippen molar-refractivity contribution in [3.63, 3.8) is 0 Å². The van der Waals surface area contributed by atoms with Crippen molar-refractivity contribution < 1.29 is 9.53 Å². The van der Waals surface area contributed by atoms with Gasteiger partial charge in [0.2, 0.25) is 5.13 Å². The van der Waals surface area contributed by atoms with E-state index in [1.54, 1.807) is 61.2 Å². The largest absolute Gasteiger partial charge is 0.478 e. The number of thioether (sulfide) groups is 1. The number of hydrogen-bond acceptors (Lipinski definition) is 7. The minimum Gasteiger partial charge on any atom is -0.478 e. The molecule has 0 atom stereocenters. The van der Waals surface area contributed by atoms with Crippen molar-refractivity contribution in [1.82, 2.24) is 10.2 Å². The van der Waals surface area contributed by atoms with Crippen molar-refractivity contribution in [2.45, 2.75) is 29.5 Å². The summed E-state index contributed by atoms with van der Waals surface area (Å²) >= 11 is 10.5. The fourth-order valence-corrected chi connectivity index (χ4v) is 4.58. The summed E-state index contributed by atoms with van der Waals surface area (Å²) in [7, 11) is 0. The predicted octanol–water partition coefficient (Wildman–Crippen LogP) is 5.34. The van der Waals surface area contributed by atoms with E-state index in [-0.39, 0.29) is 5.91 Å². The minimum atomic E-state index is -1.07. The van der Waals surface area contributed by atoms with Gasteiger partial charge >= 0.3 is 0 Å². The van der Waals surface area contributed by atoms with Crippen LogP contribution in [0.5, 0.6) is 5.75 Å². The quantitative estimate of drug-likeness (QED) is 0.408. The van der Waals surface area contributed by atoms with Crippen molar-refractivity contribution in [2.24, 2.45) is 0 Å². The van der Waals surface area contributed by atoms with Gasteiger partial charge in [-0.05, 0) is 49.6 Å². The third-order valence-electron chi connectivity index (χ3n) is 3.28. The average Bonchev–Trinajstić information content (AvgIpc) is 3.26. The third kappa shape index (κ3) is 5.20. The maximum atomic E-state index is 12.5. The topological polar surface area (TPSA) is 64.1 Å². The van der Waals surface area contributed by atoms with Gasteiger partial charge in [0.1, 0.15) is 5.75 Å². The zero-order valence-electron chi connectivity index (χ0n) is 14.1. The van der Waals surface area contributed by atoms with Gasteiger partial charge in [-0.2, -0.15) is 0 Å². The van der Waals surface area contributed by atoms with E-state index in [1.807, 2.05) is 11.4 Å². The highest BCUT2D eigenvalue weighted by Crippen LogP contribution is 2.30. The Morgan fingerprint density at radius 1 is 1.27 bits per heavy atom. The number of rotatable bonds is 7. The Bertz CT molecular complexity index is 864. The van der Waals surface area contributed by atoms with Crippen LogP contribution >= 0.6 is 46.0 Å². The molecule has 0 saturated carbocycles. The van der Waals surface area contributed by atoms with Crippen LogP contribution in [0.1, 0.15) is 18.7 Å². The number of benzene rings is 1. The number of carbonyl (C=O) groups excluding carboxylic acids is 1. The van der Waals surface area contributed by atoms with Gasteiger partial charge in [0.05, 0.1) is 0 Å². The van der Waals surface area contributed by atoms with Crippen molar-refractivity contribution in [2.75, 3.05) is 5.32 Å². The normalized spacial score (nSPS) is 11.3. The zero-order valence-corrected chi connectivity index (χ0v) is 17.3. The summed E-state index contributed by atoms with van der Waals surface area (Å²) in [5, 5.41) is 14.0. The fourth-order valence-electron chi connectivity index (χ4n) is 1.94. The van der Waals surface area contributed by atoms with Crippen molar-refractivity contribution in [3.8, 4) is 5.75 Å². The summed E-state index contributed by atoms with van der Waals surface area (Å²) in [5.41, 5.74) is -1.07. The number of aromatic nitrogens is 2. The lowest BCUT2D eigenvalue weighted by atomic mass is 10.1. The summed E-state index contributed by atoms with van der Waals surface area (Å²) in [5.74, 6) is 1.11. The average molecular weight is 426 g/mol. The Morgan fingerprint density at radius 2 is 2.04 bits per heavy atom. The predicted molar refractivity (Wildman–Crippen MR) is 109 cm³/mol. The highest BCUT2D eigenvalue weighted by atomic mass is 35.5. The number of amides is 1. The molecule has 0 bridgehead atoms. The van der Waals surface area contributed by atoms with Crippen molar-refractivity contribution in [3.05, 3.63) is 51.7 Å². The number of thiophene rings is 1. The summed E-state index contributed by atoms with van der Waals surface area (Å²) in [6.07, 6.45) is 0. The first-order valence-corrected chi connectivity index (χ1v) is 10.7. The molecule has 136 valence electrons. The molecule has 1 N–H and O–H groups in total. The summed E-state index contributed by atoms with van der Waals surface area (Å²) in [6, 6.07) is 11.0. The molecule has 2 aromatic heterocycles. The van der Waals surface area contributed by atoms with Crippen LogP contribution in [0.15, 0.2) is 46.1 Å². The Kier molecular flexibility index (Phi) is 6.18. The number of nitrogens with zero attached hydrogens (tertiary/aromatic N) is 2. The van der Waals surface area contributed by atoms with Gasteiger partial charge in [0.15, 0.2) is 9.94 Å². The SMILES string of the molecule is CC(C)(Oc1ccc(Cl)cc1)C(=O)Nc1nnc(SCc2cccs2)s1. The van der Waals surface area contributed by atoms with Gasteiger partial charge in [-0.1, -0.05) is 40.8 Å². The van der Waals surface area contributed by atoms with Crippen LogP contribution in [-0.4, -0.2) is 21.7 Å². The third-order valence-corrected chi connectivity index (χ3v) is 6.61. The fraction of sp³-hybridized carbons (Fsp3) is 0.235. The maximum absolute atomic E-state index is 12.5. The number of nitrogens with one attached hydrogen (secondary N) is 1. The molecule has 0 aliphatic carbocycles. The van der Waals surface area contributed by atoms with Gasteiger partial charge in [-0.15, -0.1) is 21.5 Å². The maximum Gasteiger partial charge on any atom is 0.269 e. The van der Waals surface area contributed by atoms with E-state index in [0.29, 0.717) is 15.9 Å². The van der Waals surface area contributed by atoms with E-state index in [4.69, 9.17) is 16.3 Å². The molecule has 0 unspecified atom stereocenters. The summed E-state index contributed by atoms with van der Waals surface area (Å²) < 4.78 is 6.59. The molecule has 2 heterocycles. The molecule has 26 heavy (non-hydrogen) atoms. The van der Waals surface area contributed by atoms with Crippen LogP contribution in [0.4, 0.5) is 5.13 Å². The van der Waals surface area contributed by atoms with E-state index in [2.05, 4.69) is 21.6 Å². The first-order chi connectivity index (χ1) is 12.4. The molecule has 0 spiro atoms. The van der Waals surface area contributed by atoms with Crippen LogP contribution in [-0.2, 0) is 10.5 Å². The zero-order chi connectivity index (χ0) is 18.6. The Morgan fingerprint density at radius 3 is 2.73 bits per heavy atom. The molecule has 0 radical (unpaired) electrons. The lowest BCUT2D eigenvalue weighted by Gasteiger charge is -2.24. The second-order valence-corrected chi connectivity index (χ2v) is 9.43. The molecule has 0 aliphatic heterocycles. The molecular weight excluding hydrogens is 410 g/mol.